The summed E-state index contributed by atoms with van der Waals surface area (Å²) in [4.78, 5) is 12.4. The molecule has 0 radical (unpaired) electrons. The van der Waals surface area contributed by atoms with Crippen molar-refractivity contribution in [3.05, 3.63) is 28.8 Å². The molecule has 1 rings (SSSR count). The number of benzene rings is 1. The van der Waals surface area contributed by atoms with E-state index < -0.39 is 10.0 Å². The lowest BCUT2D eigenvalue weighted by Crippen LogP contribution is -2.45. The first-order chi connectivity index (χ1) is 10.2. The van der Waals surface area contributed by atoms with E-state index in [2.05, 4.69) is 30.8 Å². The van der Waals surface area contributed by atoms with Crippen LogP contribution in [-0.4, -0.2) is 26.1 Å². The Morgan fingerprint density at radius 3 is 2.17 bits per heavy atom. The van der Waals surface area contributed by atoms with E-state index in [9.17, 15) is 13.2 Å². The minimum absolute atomic E-state index is 0.0733. The number of halogens is 1. The van der Waals surface area contributed by atoms with Crippen molar-refractivity contribution < 1.29 is 13.2 Å². The van der Waals surface area contributed by atoms with Crippen molar-refractivity contribution in [3.8, 4) is 0 Å². The number of sulfonamides is 1. The number of carbonyl (C=O) groups is 1. The van der Waals surface area contributed by atoms with E-state index in [0.717, 1.165) is 12.7 Å². The lowest BCUT2D eigenvalue weighted by molar-refractivity contribution is 0.0891. The number of carbonyl (C=O) groups excluding carboxylic acids is 1. The van der Waals surface area contributed by atoms with Crippen molar-refractivity contribution in [1.29, 1.82) is 0 Å². The molecule has 0 heterocycles. The van der Waals surface area contributed by atoms with Gasteiger partial charge in [0.1, 0.15) is 0 Å². The van der Waals surface area contributed by atoms with Gasteiger partial charge in [0.05, 0.1) is 16.8 Å². The van der Waals surface area contributed by atoms with Crippen molar-refractivity contribution in [2.24, 2.45) is 5.41 Å². The molecule has 0 fully saturated rings. The molecule has 1 aromatic carbocycles. The van der Waals surface area contributed by atoms with E-state index in [-0.39, 0.29) is 21.9 Å². The van der Waals surface area contributed by atoms with Gasteiger partial charge < -0.3 is 5.32 Å². The summed E-state index contributed by atoms with van der Waals surface area (Å²) < 4.78 is 24.8. The Morgan fingerprint density at radius 2 is 1.74 bits per heavy atom. The summed E-state index contributed by atoms with van der Waals surface area (Å²) in [5.41, 5.74) is 0.322. The van der Waals surface area contributed by atoms with Crippen LogP contribution in [0.5, 0.6) is 0 Å². The Hall–Kier alpha value is -1.27. The molecule has 0 unspecified atom stereocenters. The largest absolute Gasteiger partial charge is 0.347 e. The number of nitrogens with one attached hydrogen (secondary N) is 2. The van der Waals surface area contributed by atoms with Gasteiger partial charge in [-0.15, -0.1) is 0 Å². The van der Waals surface area contributed by atoms with Gasteiger partial charge in [-0.05, 0) is 43.9 Å². The molecule has 7 heteroatoms. The molecule has 0 saturated carbocycles. The highest BCUT2D eigenvalue weighted by Crippen LogP contribution is 2.28. The molecule has 0 spiro atoms. The van der Waals surface area contributed by atoms with Crippen molar-refractivity contribution in [1.82, 2.24) is 5.32 Å². The van der Waals surface area contributed by atoms with Crippen LogP contribution in [0, 0.1) is 5.41 Å². The molecule has 23 heavy (non-hydrogen) atoms. The lowest BCUT2D eigenvalue weighted by atomic mass is 9.81. The summed E-state index contributed by atoms with van der Waals surface area (Å²) in [6.07, 6.45) is 1.85. The van der Waals surface area contributed by atoms with E-state index >= 15 is 0 Å². The molecule has 130 valence electrons. The maximum absolute atomic E-state index is 12.4. The average Bonchev–Trinajstić information content (AvgIpc) is 2.21. The van der Waals surface area contributed by atoms with Crippen LogP contribution in [-0.2, 0) is 10.0 Å². The Bertz CT molecular complexity index is 692. The highest BCUT2D eigenvalue weighted by molar-refractivity contribution is 7.92. The molecule has 1 amide bonds. The quantitative estimate of drug-likeness (QED) is 0.841. The maximum Gasteiger partial charge on any atom is 0.253 e. The van der Waals surface area contributed by atoms with Gasteiger partial charge in [0.15, 0.2) is 0 Å². The van der Waals surface area contributed by atoms with Gasteiger partial charge in [-0.3, -0.25) is 9.52 Å². The van der Waals surface area contributed by atoms with Crippen LogP contribution < -0.4 is 10.0 Å². The second kappa shape index (κ2) is 6.69. The lowest BCUT2D eigenvalue weighted by Gasteiger charge is -2.33. The van der Waals surface area contributed by atoms with Crippen LogP contribution >= 0.6 is 11.6 Å². The minimum Gasteiger partial charge on any atom is -0.347 e. The van der Waals surface area contributed by atoms with E-state index in [0.29, 0.717) is 11.3 Å². The molecule has 0 saturated heterocycles. The number of rotatable bonds is 5. The zero-order valence-corrected chi connectivity index (χ0v) is 16.0. The summed E-state index contributed by atoms with van der Waals surface area (Å²) in [5, 5.41) is 3.17. The zero-order valence-electron chi connectivity index (χ0n) is 14.5. The SMILES string of the molecule is CC(C)(C)CC(C)(C)NC(=O)c1ccc(NS(C)(=O)=O)cc1Cl. The number of anilines is 1. The van der Waals surface area contributed by atoms with Gasteiger partial charge >= 0.3 is 0 Å². The van der Waals surface area contributed by atoms with Crippen molar-refractivity contribution in [2.75, 3.05) is 11.0 Å². The Balaban J connectivity index is 2.93. The van der Waals surface area contributed by atoms with E-state index in [4.69, 9.17) is 11.6 Å². The van der Waals surface area contributed by atoms with Gasteiger partial charge in [0.2, 0.25) is 10.0 Å². The van der Waals surface area contributed by atoms with Crippen LogP contribution in [0.2, 0.25) is 5.02 Å². The highest BCUT2D eigenvalue weighted by Gasteiger charge is 2.28. The first-order valence-electron chi connectivity index (χ1n) is 7.28. The summed E-state index contributed by atoms with van der Waals surface area (Å²) in [7, 11) is -3.39. The predicted octanol–water partition coefficient (Wildman–Crippen LogP) is 3.66. The highest BCUT2D eigenvalue weighted by atomic mass is 35.5. The third-order valence-corrected chi connectivity index (χ3v) is 3.86. The van der Waals surface area contributed by atoms with Crippen molar-refractivity contribution in [2.45, 2.75) is 46.6 Å². The monoisotopic (exact) mass is 360 g/mol. The van der Waals surface area contributed by atoms with Crippen LogP contribution in [0.4, 0.5) is 5.69 Å². The fraction of sp³-hybridized carbons (Fsp3) is 0.562. The van der Waals surface area contributed by atoms with Gasteiger partial charge in [0.25, 0.3) is 5.91 Å². The Morgan fingerprint density at radius 1 is 1.17 bits per heavy atom. The van der Waals surface area contributed by atoms with Crippen molar-refractivity contribution in [3.63, 3.8) is 0 Å². The fourth-order valence-corrected chi connectivity index (χ4v) is 3.54. The molecule has 0 aliphatic heterocycles. The summed E-state index contributed by atoms with van der Waals surface area (Å²) in [5.74, 6) is -0.282. The first kappa shape index (κ1) is 19.8. The average molecular weight is 361 g/mol. The normalized spacial score (nSPS) is 12.8. The molecule has 0 aliphatic carbocycles. The number of amides is 1. The molecule has 5 nitrogen and oxygen atoms in total. The summed E-state index contributed by atoms with van der Waals surface area (Å²) in [6.45, 7) is 10.3. The molecule has 0 aromatic heterocycles. The maximum atomic E-state index is 12.4. The van der Waals surface area contributed by atoms with Gasteiger partial charge in [-0.1, -0.05) is 32.4 Å². The molecule has 0 bridgehead atoms. The van der Waals surface area contributed by atoms with Gasteiger partial charge in [0, 0.05) is 11.2 Å². The van der Waals surface area contributed by atoms with Crippen LogP contribution in [0.15, 0.2) is 18.2 Å². The van der Waals surface area contributed by atoms with Gasteiger partial charge in [-0.25, -0.2) is 8.42 Å². The molecular formula is C16H25ClN2O3S. The Labute approximate surface area is 143 Å². The molecular weight excluding hydrogens is 336 g/mol. The van der Waals surface area contributed by atoms with E-state index in [1.54, 1.807) is 0 Å². The van der Waals surface area contributed by atoms with Crippen LogP contribution in [0.3, 0.4) is 0 Å². The molecule has 0 atom stereocenters. The number of hydrogen-bond acceptors (Lipinski definition) is 3. The van der Waals surface area contributed by atoms with Crippen LogP contribution in [0.25, 0.3) is 0 Å². The smallest absolute Gasteiger partial charge is 0.253 e. The topological polar surface area (TPSA) is 75.3 Å². The standard InChI is InChI=1S/C16H25ClN2O3S/c1-15(2,3)10-16(4,5)18-14(20)12-8-7-11(9-13(12)17)19-23(6,21)22/h7-9,19H,10H2,1-6H3,(H,18,20). The summed E-state index contributed by atoms with van der Waals surface area (Å²) >= 11 is 6.12. The minimum atomic E-state index is -3.39. The molecule has 1 aromatic rings. The van der Waals surface area contributed by atoms with Crippen molar-refractivity contribution >= 4 is 33.2 Å². The third kappa shape index (κ3) is 7.22. The second-order valence-electron chi connectivity index (χ2n) is 7.64. The molecule has 0 aliphatic rings. The third-order valence-electron chi connectivity index (χ3n) is 2.94. The van der Waals surface area contributed by atoms with Gasteiger partial charge in [-0.2, -0.15) is 0 Å². The number of hydrogen-bond donors (Lipinski definition) is 2. The van der Waals surface area contributed by atoms with E-state index in [1.807, 2.05) is 13.8 Å². The Kier molecular flexibility index (Phi) is 5.75. The predicted molar refractivity (Wildman–Crippen MR) is 95.5 cm³/mol. The van der Waals surface area contributed by atoms with Crippen LogP contribution in [0.1, 0.15) is 51.4 Å². The van der Waals surface area contributed by atoms with E-state index in [1.165, 1.54) is 18.2 Å². The second-order valence-corrected chi connectivity index (χ2v) is 9.80. The molecule has 2 N–H and O–H groups in total. The first-order valence-corrected chi connectivity index (χ1v) is 9.55. The summed E-state index contributed by atoms with van der Waals surface area (Å²) in [6, 6.07) is 4.45. The zero-order chi connectivity index (χ0) is 18.1. The fourth-order valence-electron chi connectivity index (χ4n) is 2.72.